The number of carbonyl (C=O) groups is 1. The van der Waals surface area contributed by atoms with Crippen molar-refractivity contribution in [1.82, 2.24) is 5.32 Å². The van der Waals surface area contributed by atoms with Crippen molar-refractivity contribution < 1.29 is 14.3 Å². The normalized spacial score (nSPS) is 23.4. The second kappa shape index (κ2) is 8.47. The predicted molar refractivity (Wildman–Crippen MR) is 79.6 cm³/mol. The zero-order valence-corrected chi connectivity index (χ0v) is 13.1. The number of hydrogen-bond acceptors (Lipinski definition) is 4. The van der Waals surface area contributed by atoms with Gasteiger partial charge in [0.15, 0.2) is 0 Å². The highest BCUT2D eigenvalue weighted by Gasteiger charge is 2.24. The van der Waals surface area contributed by atoms with Crippen LogP contribution in [0.5, 0.6) is 0 Å². The number of alkyl carbamates (subject to hydrolysis) is 1. The molecule has 0 aliphatic heterocycles. The lowest BCUT2D eigenvalue weighted by atomic mass is 9.86. The molecule has 0 bridgehead atoms. The van der Waals surface area contributed by atoms with Gasteiger partial charge in [-0.1, -0.05) is 0 Å². The Morgan fingerprint density at radius 1 is 1.25 bits per heavy atom. The van der Waals surface area contributed by atoms with Gasteiger partial charge in [0.25, 0.3) is 0 Å². The summed E-state index contributed by atoms with van der Waals surface area (Å²) in [5.41, 5.74) is 4.99. The quantitative estimate of drug-likeness (QED) is 0.736. The van der Waals surface area contributed by atoms with Crippen LogP contribution < -0.4 is 11.1 Å². The summed E-state index contributed by atoms with van der Waals surface area (Å²) in [5.74, 6) is 0.615. The van der Waals surface area contributed by atoms with Crippen LogP contribution in [0.1, 0.15) is 52.9 Å². The highest BCUT2D eigenvalue weighted by atomic mass is 16.6. The molecular formula is C15H30N2O3. The molecule has 1 saturated carbocycles. The van der Waals surface area contributed by atoms with E-state index in [1.54, 1.807) is 0 Å². The Morgan fingerprint density at radius 2 is 1.90 bits per heavy atom. The smallest absolute Gasteiger partial charge is 0.407 e. The van der Waals surface area contributed by atoms with E-state index in [9.17, 15) is 4.79 Å². The number of ether oxygens (including phenoxy) is 2. The third kappa shape index (κ3) is 7.70. The summed E-state index contributed by atoms with van der Waals surface area (Å²) in [6, 6.07) is 0.241. The van der Waals surface area contributed by atoms with E-state index in [0.29, 0.717) is 12.5 Å². The van der Waals surface area contributed by atoms with Crippen molar-refractivity contribution in [3.05, 3.63) is 0 Å². The number of amides is 1. The molecule has 118 valence electrons. The monoisotopic (exact) mass is 286 g/mol. The Balaban J connectivity index is 2.14. The summed E-state index contributed by atoms with van der Waals surface area (Å²) in [7, 11) is 0. The molecule has 0 spiro atoms. The molecule has 1 rings (SSSR count). The highest BCUT2D eigenvalue weighted by molar-refractivity contribution is 5.68. The molecule has 1 amide bonds. The molecule has 0 aromatic carbocycles. The maximum atomic E-state index is 11.7. The zero-order chi connectivity index (χ0) is 15.0. The molecule has 0 aromatic rings. The van der Waals surface area contributed by atoms with Crippen LogP contribution in [-0.2, 0) is 9.47 Å². The Labute approximate surface area is 122 Å². The molecule has 0 unspecified atom stereocenters. The SMILES string of the molecule is CC(C)(C)OC(=O)NC1CCC(COCCCN)CC1. The Kier molecular flexibility index (Phi) is 7.30. The second-order valence-corrected chi connectivity index (χ2v) is 6.58. The fourth-order valence-electron chi connectivity index (χ4n) is 2.38. The van der Waals surface area contributed by atoms with Gasteiger partial charge in [-0.15, -0.1) is 0 Å². The van der Waals surface area contributed by atoms with Crippen molar-refractivity contribution in [2.45, 2.75) is 64.5 Å². The maximum absolute atomic E-state index is 11.7. The summed E-state index contributed by atoms with van der Waals surface area (Å²) in [6.07, 6.45) is 4.83. The minimum absolute atomic E-state index is 0.241. The number of hydrogen-bond donors (Lipinski definition) is 2. The van der Waals surface area contributed by atoms with Crippen LogP contribution in [0.4, 0.5) is 4.79 Å². The predicted octanol–water partition coefficient (Wildman–Crippen LogP) is 2.44. The molecule has 0 radical (unpaired) electrons. The molecule has 3 N–H and O–H groups in total. The molecule has 5 heteroatoms. The van der Waals surface area contributed by atoms with E-state index in [2.05, 4.69) is 5.32 Å². The Morgan fingerprint density at radius 3 is 2.45 bits per heavy atom. The van der Waals surface area contributed by atoms with Gasteiger partial charge < -0.3 is 20.5 Å². The van der Waals surface area contributed by atoms with Crippen LogP contribution in [0.25, 0.3) is 0 Å². The van der Waals surface area contributed by atoms with E-state index in [-0.39, 0.29) is 12.1 Å². The first kappa shape index (κ1) is 17.2. The van der Waals surface area contributed by atoms with Gasteiger partial charge in [0, 0.05) is 19.3 Å². The molecule has 0 aromatic heterocycles. The Bertz CT molecular complexity index is 281. The van der Waals surface area contributed by atoms with Crippen LogP contribution in [0, 0.1) is 5.92 Å². The minimum atomic E-state index is -0.432. The van der Waals surface area contributed by atoms with Crippen LogP contribution in [0.15, 0.2) is 0 Å². The lowest BCUT2D eigenvalue weighted by Crippen LogP contribution is -2.41. The lowest BCUT2D eigenvalue weighted by molar-refractivity contribution is 0.0463. The van der Waals surface area contributed by atoms with E-state index in [1.807, 2.05) is 20.8 Å². The number of carbonyl (C=O) groups excluding carboxylic acids is 1. The van der Waals surface area contributed by atoms with Crippen molar-refractivity contribution in [1.29, 1.82) is 0 Å². The van der Waals surface area contributed by atoms with Gasteiger partial charge in [0.1, 0.15) is 5.60 Å². The fourth-order valence-corrected chi connectivity index (χ4v) is 2.38. The van der Waals surface area contributed by atoms with Crippen molar-refractivity contribution in [3.63, 3.8) is 0 Å². The first-order valence-electron chi connectivity index (χ1n) is 7.68. The average Bonchev–Trinajstić information content (AvgIpc) is 2.34. The largest absolute Gasteiger partial charge is 0.444 e. The van der Waals surface area contributed by atoms with E-state index in [0.717, 1.165) is 45.3 Å². The maximum Gasteiger partial charge on any atom is 0.407 e. The summed E-state index contributed by atoms with van der Waals surface area (Å²) < 4.78 is 10.9. The van der Waals surface area contributed by atoms with Gasteiger partial charge in [0.05, 0.1) is 0 Å². The van der Waals surface area contributed by atoms with Gasteiger partial charge in [-0.3, -0.25) is 0 Å². The van der Waals surface area contributed by atoms with Gasteiger partial charge in [0.2, 0.25) is 0 Å². The zero-order valence-electron chi connectivity index (χ0n) is 13.1. The first-order valence-corrected chi connectivity index (χ1v) is 7.68. The van der Waals surface area contributed by atoms with E-state index in [1.165, 1.54) is 0 Å². The molecule has 0 saturated heterocycles. The van der Waals surface area contributed by atoms with Crippen molar-refractivity contribution in [2.24, 2.45) is 11.7 Å². The van der Waals surface area contributed by atoms with E-state index in [4.69, 9.17) is 15.2 Å². The van der Waals surface area contributed by atoms with Crippen LogP contribution >= 0.6 is 0 Å². The summed E-state index contributed by atoms with van der Waals surface area (Å²) in [5, 5.41) is 2.95. The lowest BCUT2D eigenvalue weighted by Gasteiger charge is -2.30. The number of nitrogens with one attached hydrogen (secondary N) is 1. The summed E-state index contributed by atoms with van der Waals surface area (Å²) in [6.45, 7) is 7.89. The van der Waals surface area contributed by atoms with Gasteiger partial charge in [-0.25, -0.2) is 4.79 Å². The molecular weight excluding hydrogens is 256 g/mol. The van der Waals surface area contributed by atoms with Crippen LogP contribution in [0.2, 0.25) is 0 Å². The first-order chi connectivity index (χ1) is 9.40. The van der Waals surface area contributed by atoms with E-state index < -0.39 is 5.60 Å². The minimum Gasteiger partial charge on any atom is -0.444 e. The topological polar surface area (TPSA) is 73.6 Å². The fraction of sp³-hybridized carbons (Fsp3) is 0.933. The van der Waals surface area contributed by atoms with Gasteiger partial charge in [-0.2, -0.15) is 0 Å². The number of nitrogens with two attached hydrogens (primary N) is 1. The van der Waals surface area contributed by atoms with E-state index >= 15 is 0 Å². The average molecular weight is 286 g/mol. The van der Waals surface area contributed by atoms with Crippen molar-refractivity contribution >= 4 is 6.09 Å². The van der Waals surface area contributed by atoms with Crippen molar-refractivity contribution in [3.8, 4) is 0 Å². The second-order valence-electron chi connectivity index (χ2n) is 6.58. The molecule has 20 heavy (non-hydrogen) atoms. The summed E-state index contributed by atoms with van der Waals surface area (Å²) >= 11 is 0. The third-order valence-corrected chi connectivity index (χ3v) is 3.41. The summed E-state index contributed by atoms with van der Waals surface area (Å²) in [4.78, 5) is 11.7. The molecule has 1 aliphatic carbocycles. The molecule has 5 nitrogen and oxygen atoms in total. The molecule has 1 aliphatic rings. The molecule has 1 fully saturated rings. The molecule has 0 atom stereocenters. The van der Waals surface area contributed by atoms with Crippen LogP contribution in [-0.4, -0.2) is 37.5 Å². The van der Waals surface area contributed by atoms with Gasteiger partial charge in [-0.05, 0) is 65.3 Å². The van der Waals surface area contributed by atoms with Gasteiger partial charge >= 0.3 is 6.09 Å². The number of rotatable bonds is 6. The van der Waals surface area contributed by atoms with Crippen LogP contribution in [0.3, 0.4) is 0 Å². The molecule has 0 heterocycles. The standard InChI is InChI=1S/C15H30N2O3/c1-15(2,3)20-14(18)17-13-7-5-12(6-8-13)11-19-10-4-9-16/h12-13H,4-11,16H2,1-3H3,(H,17,18). The third-order valence-electron chi connectivity index (χ3n) is 3.41. The highest BCUT2D eigenvalue weighted by Crippen LogP contribution is 2.24. The van der Waals surface area contributed by atoms with Crippen molar-refractivity contribution in [2.75, 3.05) is 19.8 Å². The Hall–Kier alpha value is -0.810.